The zero-order chi connectivity index (χ0) is 28.1. The summed E-state index contributed by atoms with van der Waals surface area (Å²) in [6.07, 6.45) is -1.57. The topological polar surface area (TPSA) is 101 Å². The number of aryl methyl sites for hydroxylation is 2. The van der Waals surface area contributed by atoms with Crippen molar-refractivity contribution in [2.75, 3.05) is 43.1 Å². The second kappa shape index (κ2) is 10.1. The minimum atomic E-state index is -4.53. The summed E-state index contributed by atoms with van der Waals surface area (Å²) >= 11 is 0. The predicted octanol–water partition coefficient (Wildman–Crippen LogP) is 5.00. The molecule has 12 heteroatoms. The second-order valence-electron chi connectivity index (χ2n) is 10.3. The Hall–Kier alpha value is -3.20. The molecule has 208 valence electrons. The fourth-order valence-electron chi connectivity index (χ4n) is 5.67. The molecule has 0 unspecified atom stereocenters. The van der Waals surface area contributed by atoms with Crippen LogP contribution in [0.2, 0.25) is 0 Å². The number of hydrogen-bond acceptors (Lipinski definition) is 6. The maximum atomic E-state index is 14.3. The molecule has 1 aromatic heterocycles. The normalized spacial score (nSPS) is 17.7. The van der Waals surface area contributed by atoms with Crippen LogP contribution in [0, 0.1) is 6.92 Å². The van der Waals surface area contributed by atoms with Crippen LogP contribution in [0.15, 0.2) is 24.3 Å². The Morgan fingerprint density at radius 1 is 1.13 bits per heavy atom. The van der Waals surface area contributed by atoms with E-state index in [2.05, 4.69) is 10.3 Å². The van der Waals surface area contributed by atoms with Crippen LogP contribution >= 0.6 is 7.14 Å². The van der Waals surface area contributed by atoms with Gasteiger partial charge in [-0.25, -0.2) is 14.4 Å². The Balaban J connectivity index is 1.56. The number of fused-ring (bicyclic) bond motifs is 3. The van der Waals surface area contributed by atoms with Gasteiger partial charge in [0.2, 0.25) is 0 Å². The van der Waals surface area contributed by atoms with Crippen molar-refractivity contribution >= 4 is 40.8 Å². The molecule has 0 spiro atoms. The van der Waals surface area contributed by atoms with Gasteiger partial charge < -0.3 is 20.5 Å². The number of hydrogen-bond donors (Lipinski definition) is 2. The molecule has 0 saturated carbocycles. The summed E-state index contributed by atoms with van der Waals surface area (Å²) < 4.78 is 67.4. The van der Waals surface area contributed by atoms with Crippen molar-refractivity contribution < 1.29 is 26.9 Å². The first kappa shape index (κ1) is 27.4. The molecule has 3 aromatic rings. The van der Waals surface area contributed by atoms with E-state index in [0.717, 1.165) is 53.3 Å². The van der Waals surface area contributed by atoms with Crippen LogP contribution in [-0.4, -0.2) is 52.9 Å². The molecule has 39 heavy (non-hydrogen) atoms. The number of nitrogens with one attached hydrogen (secondary N) is 1. The maximum Gasteiger partial charge on any atom is 0.416 e. The van der Waals surface area contributed by atoms with E-state index in [1.54, 1.807) is 13.8 Å². The van der Waals surface area contributed by atoms with Gasteiger partial charge in [0, 0.05) is 41.8 Å². The summed E-state index contributed by atoms with van der Waals surface area (Å²) in [6, 6.07) is 4.76. The van der Waals surface area contributed by atoms with Gasteiger partial charge in [-0.05, 0) is 74.1 Å². The molecule has 1 amide bonds. The van der Waals surface area contributed by atoms with E-state index < -0.39 is 37.5 Å². The maximum absolute atomic E-state index is 14.3. The molecular formula is C27H30F4N5O2P. The lowest BCUT2D eigenvalue weighted by atomic mass is 10.0. The number of rotatable bonds is 5. The van der Waals surface area contributed by atoms with Gasteiger partial charge in [-0.3, -0.25) is 4.79 Å². The van der Waals surface area contributed by atoms with E-state index in [-0.39, 0.29) is 31.1 Å². The third kappa shape index (κ3) is 5.21. The highest BCUT2D eigenvalue weighted by Crippen LogP contribution is 2.50. The first-order valence-corrected chi connectivity index (χ1v) is 15.0. The largest absolute Gasteiger partial charge is 0.416 e. The molecule has 1 saturated heterocycles. The minimum absolute atomic E-state index is 0.00740. The first-order chi connectivity index (χ1) is 18.4. The highest BCUT2D eigenvalue weighted by atomic mass is 31.2. The van der Waals surface area contributed by atoms with Crippen molar-refractivity contribution in [3.8, 4) is 0 Å². The van der Waals surface area contributed by atoms with Crippen LogP contribution in [0.3, 0.4) is 0 Å². The molecule has 1 aliphatic heterocycles. The number of amides is 1. The summed E-state index contributed by atoms with van der Waals surface area (Å²) in [7, 11) is -2.90. The fourth-order valence-corrected chi connectivity index (χ4v) is 8.61. The Labute approximate surface area is 223 Å². The number of halogens is 4. The number of nitrogen functional groups attached to an aromatic ring is 1. The van der Waals surface area contributed by atoms with Gasteiger partial charge in [-0.15, -0.1) is 0 Å². The number of carbonyl (C=O) groups is 1. The molecule has 3 N–H and O–H groups in total. The smallest absolute Gasteiger partial charge is 0.399 e. The monoisotopic (exact) mass is 563 g/mol. The van der Waals surface area contributed by atoms with Crippen LogP contribution in [0.5, 0.6) is 0 Å². The highest BCUT2D eigenvalue weighted by Gasteiger charge is 2.37. The van der Waals surface area contributed by atoms with Gasteiger partial charge in [0.25, 0.3) is 5.91 Å². The van der Waals surface area contributed by atoms with Gasteiger partial charge in [0.1, 0.15) is 18.8 Å². The van der Waals surface area contributed by atoms with Crippen molar-refractivity contribution in [1.29, 1.82) is 0 Å². The third-order valence-electron chi connectivity index (χ3n) is 7.68. The molecule has 0 bridgehead atoms. The highest BCUT2D eigenvalue weighted by molar-refractivity contribution is 7.71. The van der Waals surface area contributed by atoms with Gasteiger partial charge in [-0.2, -0.15) is 13.2 Å². The SMILES string of the molecule is Cc1nc(N[C@H](C)c2cc(N)cc(C(F)(F)F)c2)c2cc(P3(=O)CCN(C(=O)CF)CC3)c3c(c2n1)CCC3. The minimum Gasteiger partial charge on any atom is -0.399 e. The molecule has 0 radical (unpaired) electrons. The Morgan fingerprint density at radius 2 is 1.82 bits per heavy atom. The van der Waals surface area contributed by atoms with Crippen molar-refractivity contribution in [3.63, 3.8) is 0 Å². The molecule has 2 aromatic carbocycles. The predicted molar refractivity (Wildman–Crippen MR) is 144 cm³/mol. The van der Waals surface area contributed by atoms with Crippen LogP contribution in [-0.2, 0) is 28.4 Å². The van der Waals surface area contributed by atoms with Crippen molar-refractivity contribution in [3.05, 3.63) is 52.3 Å². The molecule has 5 rings (SSSR count). The Kier molecular flexibility index (Phi) is 7.07. The summed E-state index contributed by atoms with van der Waals surface area (Å²) in [4.78, 5) is 22.5. The first-order valence-electron chi connectivity index (χ1n) is 12.9. The third-order valence-corrected chi connectivity index (χ3v) is 10.8. The number of benzene rings is 2. The van der Waals surface area contributed by atoms with Crippen LogP contribution < -0.4 is 16.4 Å². The molecule has 1 atom stereocenters. The van der Waals surface area contributed by atoms with Crippen LogP contribution in [0.25, 0.3) is 10.9 Å². The van der Waals surface area contributed by atoms with E-state index in [4.69, 9.17) is 10.7 Å². The summed E-state index contributed by atoms with van der Waals surface area (Å²) in [6.45, 7) is 2.88. The van der Waals surface area contributed by atoms with Gasteiger partial charge in [-0.1, -0.05) is 0 Å². The van der Waals surface area contributed by atoms with Gasteiger partial charge in [0.15, 0.2) is 6.67 Å². The van der Waals surface area contributed by atoms with E-state index in [1.807, 2.05) is 6.07 Å². The summed E-state index contributed by atoms with van der Waals surface area (Å²) in [5.41, 5.74) is 8.11. The molecule has 2 heterocycles. The zero-order valence-electron chi connectivity index (χ0n) is 21.7. The Bertz CT molecular complexity index is 1500. The summed E-state index contributed by atoms with van der Waals surface area (Å²) in [5, 5.41) is 4.66. The van der Waals surface area contributed by atoms with E-state index >= 15 is 0 Å². The molecule has 1 aliphatic carbocycles. The Morgan fingerprint density at radius 3 is 2.49 bits per heavy atom. The lowest BCUT2D eigenvalue weighted by Gasteiger charge is -2.33. The van der Waals surface area contributed by atoms with Gasteiger partial charge >= 0.3 is 6.18 Å². The van der Waals surface area contributed by atoms with Crippen molar-refractivity contribution in [2.24, 2.45) is 0 Å². The van der Waals surface area contributed by atoms with Crippen molar-refractivity contribution in [1.82, 2.24) is 14.9 Å². The second-order valence-corrected chi connectivity index (χ2v) is 13.5. The molecule has 2 aliphatic rings. The van der Waals surface area contributed by atoms with Crippen molar-refractivity contribution in [2.45, 2.75) is 45.3 Å². The molecule has 1 fully saturated rings. The average Bonchev–Trinajstić information content (AvgIpc) is 3.37. The number of aromatic nitrogens is 2. The lowest BCUT2D eigenvalue weighted by molar-refractivity contribution is -0.137. The van der Waals surface area contributed by atoms with Crippen LogP contribution in [0.4, 0.5) is 29.1 Å². The van der Waals surface area contributed by atoms with Gasteiger partial charge in [0.05, 0.1) is 17.1 Å². The summed E-state index contributed by atoms with van der Waals surface area (Å²) in [5.74, 6) is 0.353. The van der Waals surface area contributed by atoms with E-state index in [0.29, 0.717) is 22.6 Å². The quantitative estimate of drug-likeness (QED) is 0.258. The van der Waals surface area contributed by atoms with E-state index in [9.17, 15) is 26.9 Å². The number of nitrogens with zero attached hydrogens (tertiary/aromatic N) is 3. The van der Waals surface area contributed by atoms with Crippen LogP contribution in [0.1, 0.15) is 47.5 Å². The average molecular weight is 564 g/mol. The molecule has 7 nitrogen and oxygen atoms in total. The number of alkyl halides is 4. The van der Waals surface area contributed by atoms with E-state index in [1.165, 1.54) is 11.0 Å². The molecular weight excluding hydrogens is 533 g/mol. The standard InChI is InChI=1S/C27H30F4N5O2P/c1-15(17-10-18(27(29,30)31)12-19(32)11-17)33-26-22-13-23(39(38)8-6-36(7-9-39)24(37)14-28)20-4-3-5-21(20)25(22)34-16(2)35-26/h10-13,15H,3-9,14,32H2,1-2H3,(H,33,34,35)/t15-/m1/s1. The fraction of sp³-hybridized carbons (Fsp3) is 0.444. The lowest BCUT2D eigenvalue weighted by Crippen LogP contribution is -2.42. The number of carbonyl (C=O) groups excluding carboxylic acids is 1. The zero-order valence-corrected chi connectivity index (χ0v) is 22.6. The number of anilines is 2. The number of nitrogens with two attached hydrogens (primary N) is 1.